The van der Waals surface area contributed by atoms with Gasteiger partial charge in [0.25, 0.3) is 0 Å². The van der Waals surface area contributed by atoms with Crippen molar-refractivity contribution < 1.29 is 9.84 Å². The van der Waals surface area contributed by atoms with E-state index in [2.05, 4.69) is 12.2 Å². The van der Waals surface area contributed by atoms with Crippen LogP contribution in [0, 0.1) is 0 Å². The van der Waals surface area contributed by atoms with E-state index in [0.717, 1.165) is 18.4 Å². The number of nitrogens with one attached hydrogen (secondary N) is 1. The first kappa shape index (κ1) is 15.3. The number of hydrogen-bond acceptors (Lipinski definition) is 3. The van der Waals surface area contributed by atoms with Crippen LogP contribution in [0.5, 0.6) is 5.75 Å². The van der Waals surface area contributed by atoms with E-state index in [9.17, 15) is 5.11 Å². The molecule has 2 N–H and O–H groups in total. The van der Waals surface area contributed by atoms with E-state index >= 15 is 0 Å². The fraction of sp³-hybridized carbons (Fsp3) is 0.571. The van der Waals surface area contributed by atoms with Gasteiger partial charge in [-0.25, -0.2) is 0 Å². The molecule has 0 bridgehead atoms. The predicted molar refractivity (Wildman–Crippen MR) is 75.2 cm³/mol. The number of hydrogen-bond donors (Lipinski definition) is 2. The van der Waals surface area contributed by atoms with Crippen molar-refractivity contribution in [1.29, 1.82) is 0 Å². The van der Waals surface area contributed by atoms with Gasteiger partial charge in [0.2, 0.25) is 0 Å². The topological polar surface area (TPSA) is 41.5 Å². The lowest BCUT2D eigenvalue weighted by Gasteiger charge is -2.23. The first-order valence-corrected chi connectivity index (χ1v) is 6.62. The van der Waals surface area contributed by atoms with Gasteiger partial charge in [-0.1, -0.05) is 31.0 Å². The molecule has 0 heterocycles. The molecule has 0 aliphatic carbocycles. The predicted octanol–water partition coefficient (Wildman–Crippen LogP) is 2.99. The van der Waals surface area contributed by atoms with Crippen LogP contribution in [-0.2, 0) is 6.54 Å². The minimum absolute atomic E-state index is 0.574. The Kier molecular flexibility index (Phi) is 5.93. The van der Waals surface area contributed by atoms with E-state index in [1.807, 2.05) is 25.1 Å². The van der Waals surface area contributed by atoms with Gasteiger partial charge in [0.1, 0.15) is 5.75 Å². The van der Waals surface area contributed by atoms with Gasteiger partial charge in [-0.3, -0.25) is 0 Å². The maximum atomic E-state index is 10.0. The van der Waals surface area contributed by atoms with E-state index < -0.39 is 5.60 Å². The van der Waals surface area contributed by atoms with Gasteiger partial charge >= 0.3 is 0 Å². The van der Waals surface area contributed by atoms with Crippen LogP contribution in [0.1, 0.15) is 32.3 Å². The molecule has 0 saturated heterocycles. The van der Waals surface area contributed by atoms with Crippen molar-refractivity contribution in [3.05, 3.63) is 28.8 Å². The number of ether oxygens (including phenoxy) is 1. The molecule has 0 aliphatic heterocycles. The molecule has 1 aromatic carbocycles. The molecule has 3 nitrogen and oxygen atoms in total. The van der Waals surface area contributed by atoms with Crippen LogP contribution >= 0.6 is 11.6 Å². The Morgan fingerprint density at radius 1 is 1.44 bits per heavy atom. The third kappa shape index (κ3) is 4.84. The molecule has 1 atom stereocenters. The maximum absolute atomic E-state index is 10.0. The molecular formula is C14H22ClNO2. The Morgan fingerprint density at radius 3 is 2.72 bits per heavy atom. The highest BCUT2D eigenvalue weighted by atomic mass is 35.5. The van der Waals surface area contributed by atoms with E-state index in [1.165, 1.54) is 0 Å². The Labute approximate surface area is 114 Å². The summed E-state index contributed by atoms with van der Waals surface area (Å²) >= 11 is 6.05. The standard InChI is InChI=1S/C14H22ClNO2/c1-4-7-14(2,17)10-16-9-11-5-6-13(18-3)12(15)8-11/h5-6,8,16-17H,4,7,9-10H2,1-3H3. The van der Waals surface area contributed by atoms with Crippen LogP contribution in [0.2, 0.25) is 5.02 Å². The quantitative estimate of drug-likeness (QED) is 0.801. The normalized spacial score (nSPS) is 14.3. The SMILES string of the molecule is CCCC(C)(O)CNCc1ccc(OC)c(Cl)c1. The fourth-order valence-corrected chi connectivity index (χ4v) is 2.20. The van der Waals surface area contributed by atoms with Crippen molar-refractivity contribution in [2.45, 2.75) is 38.8 Å². The van der Waals surface area contributed by atoms with Gasteiger partial charge < -0.3 is 15.2 Å². The summed E-state index contributed by atoms with van der Waals surface area (Å²) in [5.74, 6) is 0.679. The van der Waals surface area contributed by atoms with Crippen LogP contribution in [0.3, 0.4) is 0 Å². The zero-order valence-corrected chi connectivity index (χ0v) is 12.0. The lowest BCUT2D eigenvalue weighted by molar-refractivity contribution is 0.0498. The fourth-order valence-electron chi connectivity index (χ4n) is 1.92. The molecular weight excluding hydrogens is 250 g/mol. The smallest absolute Gasteiger partial charge is 0.137 e. The van der Waals surface area contributed by atoms with Crippen molar-refractivity contribution in [2.75, 3.05) is 13.7 Å². The van der Waals surface area contributed by atoms with Gasteiger partial charge in [-0.2, -0.15) is 0 Å². The highest BCUT2D eigenvalue weighted by molar-refractivity contribution is 6.32. The van der Waals surface area contributed by atoms with Crippen molar-refractivity contribution in [3.8, 4) is 5.75 Å². The summed E-state index contributed by atoms with van der Waals surface area (Å²) < 4.78 is 5.10. The number of aliphatic hydroxyl groups is 1. The second-order valence-corrected chi connectivity index (χ2v) is 5.23. The first-order valence-electron chi connectivity index (χ1n) is 6.24. The van der Waals surface area contributed by atoms with Crippen molar-refractivity contribution in [2.24, 2.45) is 0 Å². The second-order valence-electron chi connectivity index (χ2n) is 4.82. The first-order chi connectivity index (χ1) is 8.48. The molecule has 0 aliphatic rings. The Hall–Kier alpha value is -0.770. The van der Waals surface area contributed by atoms with Gasteiger partial charge in [0.15, 0.2) is 0 Å². The summed E-state index contributed by atoms with van der Waals surface area (Å²) in [4.78, 5) is 0. The van der Waals surface area contributed by atoms with Crippen LogP contribution in [0.25, 0.3) is 0 Å². The number of methoxy groups -OCH3 is 1. The molecule has 1 unspecified atom stereocenters. The molecule has 0 aromatic heterocycles. The number of halogens is 1. The van der Waals surface area contributed by atoms with E-state index in [0.29, 0.717) is 23.9 Å². The van der Waals surface area contributed by atoms with Crippen LogP contribution in [-0.4, -0.2) is 24.4 Å². The molecule has 4 heteroatoms. The minimum Gasteiger partial charge on any atom is -0.495 e. The molecule has 1 rings (SSSR count). The molecule has 0 fully saturated rings. The van der Waals surface area contributed by atoms with Gasteiger partial charge in [-0.15, -0.1) is 0 Å². The van der Waals surface area contributed by atoms with E-state index in [4.69, 9.17) is 16.3 Å². The zero-order chi connectivity index (χ0) is 13.6. The molecule has 18 heavy (non-hydrogen) atoms. The summed E-state index contributed by atoms with van der Waals surface area (Å²) in [6, 6.07) is 5.69. The van der Waals surface area contributed by atoms with Crippen LogP contribution in [0.15, 0.2) is 18.2 Å². The summed E-state index contributed by atoms with van der Waals surface area (Å²) in [6.45, 7) is 5.18. The van der Waals surface area contributed by atoms with Crippen LogP contribution in [0.4, 0.5) is 0 Å². The average Bonchev–Trinajstić information content (AvgIpc) is 2.29. The molecule has 0 amide bonds. The Bertz CT molecular complexity index is 380. The third-order valence-corrected chi connectivity index (χ3v) is 3.14. The van der Waals surface area contributed by atoms with Crippen molar-refractivity contribution >= 4 is 11.6 Å². The average molecular weight is 272 g/mol. The molecule has 102 valence electrons. The van der Waals surface area contributed by atoms with Gasteiger partial charge in [-0.05, 0) is 31.0 Å². The summed E-state index contributed by atoms with van der Waals surface area (Å²) in [5.41, 5.74) is 0.429. The number of rotatable bonds is 7. The van der Waals surface area contributed by atoms with Crippen molar-refractivity contribution in [1.82, 2.24) is 5.32 Å². The largest absolute Gasteiger partial charge is 0.495 e. The Morgan fingerprint density at radius 2 is 2.17 bits per heavy atom. The molecule has 0 spiro atoms. The molecule has 1 aromatic rings. The zero-order valence-electron chi connectivity index (χ0n) is 11.3. The minimum atomic E-state index is -0.648. The van der Waals surface area contributed by atoms with E-state index in [-0.39, 0.29) is 0 Å². The highest BCUT2D eigenvalue weighted by Gasteiger charge is 2.17. The summed E-state index contributed by atoms with van der Waals surface area (Å²) in [7, 11) is 1.60. The van der Waals surface area contributed by atoms with Crippen molar-refractivity contribution in [3.63, 3.8) is 0 Å². The lowest BCUT2D eigenvalue weighted by atomic mass is 10.0. The monoisotopic (exact) mass is 271 g/mol. The second kappa shape index (κ2) is 6.98. The number of benzene rings is 1. The molecule has 0 saturated carbocycles. The van der Waals surface area contributed by atoms with E-state index in [1.54, 1.807) is 7.11 Å². The van der Waals surface area contributed by atoms with Gasteiger partial charge in [0, 0.05) is 13.1 Å². The molecule has 0 radical (unpaired) electrons. The highest BCUT2D eigenvalue weighted by Crippen LogP contribution is 2.24. The van der Waals surface area contributed by atoms with Crippen LogP contribution < -0.4 is 10.1 Å². The lowest BCUT2D eigenvalue weighted by Crippen LogP contribution is -2.37. The van der Waals surface area contributed by atoms with Gasteiger partial charge in [0.05, 0.1) is 17.7 Å². The maximum Gasteiger partial charge on any atom is 0.137 e. The third-order valence-electron chi connectivity index (χ3n) is 2.84. The summed E-state index contributed by atoms with van der Waals surface area (Å²) in [6.07, 6.45) is 1.77. The summed E-state index contributed by atoms with van der Waals surface area (Å²) in [5, 5.41) is 13.9. The Balaban J connectivity index is 2.47.